The quantitative estimate of drug-likeness (QED) is 0.903. The molecule has 1 saturated heterocycles. The largest absolute Gasteiger partial charge is 0.341 e. The molecule has 1 aromatic carbocycles. The van der Waals surface area contributed by atoms with Gasteiger partial charge in [-0.15, -0.1) is 0 Å². The van der Waals surface area contributed by atoms with Crippen molar-refractivity contribution in [3.63, 3.8) is 0 Å². The van der Waals surface area contributed by atoms with E-state index in [4.69, 9.17) is 11.6 Å². The van der Waals surface area contributed by atoms with E-state index in [1.807, 2.05) is 24.3 Å². The Labute approximate surface area is 135 Å². The number of hydrogen-bond donors (Lipinski definition) is 1. The molecule has 1 N–H and O–H groups in total. The third-order valence-electron chi connectivity index (χ3n) is 4.29. The zero-order chi connectivity index (χ0) is 15.9. The highest BCUT2D eigenvalue weighted by molar-refractivity contribution is 7.88. The molecule has 3 atom stereocenters. The van der Waals surface area contributed by atoms with Crippen LogP contribution in [0.15, 0.2) is 24.3 Å². The Kier molecular flexibility index (Phi) is 4.18. The van der Waals surface area contributed by atoms with E-state index in [-0.39, 0.29) is 23.8 Å². The predicted octanol–water partition coefficient (Wildman–Crippen LogP) is 1.59. The van der Waals surface area contributed by atoms with Crippen molar-refractivity contribution in [1.29, 1.82) is 0 Å². The molecule has 1 aliphatic carbocycles. The summed E-state index contributed by atoms with van der Waals surface area (Å²) in [6.07, 6.45) is 2.69. The number of rotatable bonds is 4. The molecule has 0 unspecified atom stereocenters. The van der Waals surface area contributed by atoms with Gasteiger partial charge in [-0.2, -0.15) is 0 Å². The molecule has 0 aromatic heterocycles. The summed E-state index contributed by atoms with van der Waals surface area (Å²) in [5.41, 5.74) is 1.15. The maximum absolute atomic E-state index is 12.5. The normalized spacial score (nSPS) is 27.9. The molecule has 1 heterocycles. The van der Waals surface area contributed by atoms with Gasteiger partial charge in [0.15, 0.2) is 0 Å². The molecule has 1 aliphatic heterocycles. The Morgan fingerprint density at radius 1 is 1.32 bits per heavy atom. The number of likely N-dealkylation sites (tertiary alicyclic amines) is 1. The highest BCUT2D eigenvalue weighted by atomic mass is 35.5. The molecule has 5 nitrogen and oxygen atoms in total. The van der Waals surface area contributed by atoms with Crippen LogP contribution in [0.4, 0.5) is 0 Å². The Morgan fingerprint density at radius 3 is 2.64 bits per heavy atom. The fourth-order valence-electron chi connectivity index (χ4n) is 3.14. The number of halogens is 1. The average Bonchev–Trinajstić information content (AvgIpc) is 3.10. The third-order valence-corrected chi connectivity index (χ3v) is 5.30. The van der Waals surface area contributed by atoms with Crippen molar-refractivity contribution in [2.24, 2.45) is 5.92 Å². The molecule has 2 fully saturated rings. The summed E-state index contributed by atoms with van der Waals surface area (Å²) in [6.45, 7) is 1.09. The smallest absolute Gasteiger partial charge is 0.226 e. The Hall–Kier alpha value is -1.11. The standard InChI is InChI=1S/C15H19ClN2O3S/c1-22(20,21)17-12-6-7-18(9-12)15(19)14-8-13(14)10-2-4-11(16)5-3-10/h2-5,12-14,17H,6-9H2,1H3/t12-,13+,14-/m1/s1. The number of amides is 1. The lowest BCUT2D eigenvalue weighted by Crippen LogP contribution is -2.38. The summed E-state index contributed by atoms with van der Waals surface area (Å²) in [5, 5.41) is 0.696. The van der Waals surface area contributed by atoms with Crippen LogP contribution in [0.2, 0.25) is 5.02 Å². The number of carbonyl (C=O) groups excluding carboxylic acids is 1. The highest BCUT2D eigenvalue weighted by Gasteiger charge is 2.46. The van der Waals surface area contributed by atoms with Crippen LogP contribution in [0.1, 0.15) is 24.3 Å². The summed E-state index contributed by atoms with van der Waals surface area (Å²) in [4.78, 5) is 14.3. The van der Waals surface area contributed by atoms with E-state index < -0.39 is 10.0 Å². The van der Waals surface area contributed by atoms with Crippen molar-refractivity contribution < 1.29 is 13.2 Å². The van der Waals surface area contributed by atoms with Crippen LogP contribution in [-0.4, -0.2) is 44.6 Å². The Bertz CT molecular complexity index is 675. The van der Waals surface area contributed by atoms with Gasteiger partial charge in [0.2, 0.25) is 15.9 Å². The summed E-state index contributed by atoms with van der Waals surface area (Å²) < 4.78 is 25.1. The summed E-state index contributed by atoms with van der Waals surface area (Å²) in [6, 6.07) is 7.47. The zero-order valence-corrected chi connectivity index (χ0v) is 13.9. The van der Waals surface area contributed by atoms with Crippen molar-refractivity contribution >= 4 is 27.5 Å². The SMILES string of the molecule is CS(=O)(=O)N[C@@H]1CCN(C(=O)[C@@H]2C[C@H]2c2ccc(Cl)cc2)C1. The Morgan fingerprint density at radius 2 is 2.00 bits per heavy atom. The fourth-order valence-corrected chi connectivity index (χ4v) is 4.06. The zero-order valence-electron chi connectivity index (χ0n) is 12.3. The van der Waals surface area contributed by atoms with Gasteiger partial charge in [0, 0.05) is 30.1 Å². The van der Waals surface area contributed by atoms with Gasteiger partial charge in [0.1, 0.15) is 0 Å². The lowest BCUT2D eigenvalue weighted by molar-refractivity contribution is -0.131. The molecule has 0 bridgehead atoms. The maximum atomic E-state index is 12.5. The highest BCUT2D eigenvalue weighted by Crippen LogP contribution is 2.48. The van der Waals surface area contributed by atoms with Crippen molar-refractivity contribution in [1.82, 2.24) is 9.62 Å². The molecule has 3 rings (SSSR count). The first kappa shape index (κ1) is 15.8. The first-order valence-corrected chi connectivity index (χ1v) is 9.62. The number of nitrogens with one attached hydrogen (secondary N) is 1. The van der Waals surface area contributed by atoms with Crippen LogP contribution in [0.25, 0.3) is 0 Å². The van der Waals surface area contributed by atoms with Crippen molar-refractivity contribution in [2.75, 3.05) is 19.3 Å². The lowest BCUT2D eigenvalue weighted by atomic mass is 10.1. The Balaban J connectivity index is 1.57. The molecule has 22 heavy (non-hydrogen) atoms. The maximum Gasteiger partial charge on any atom is 0.226 e. The molecule has 1 aromatic rings. The number of benzene rings is 1. The van der Waals surface area contributed by atoms with Crippen molar-refractivity contribution in [2.45, 2.75) is 24.8 Å². The topological polar surface area (TPSA) is 66.5 Å². The summed E-state index contributed by atoms with van der Waals surface area (Å²) in [5.74, 6) is 0.433. The molecular formula is C15H19ClN2O3S. The van der Waals surface area contributed by atoms with Crippen molar-refractivity contribution in [3.8, 4) is 0 Å². The van der Waals surface area contributed by atoms with Gasteiger partial charge >= 0.3 is 0 Å². The van der Waals surface area contributed by atoms with Crippen LogP contribution in [0, 0.1) is 5.92 Å². The fraction of sp³-hybridized carbons (Fsp3) is 0.533. The van der Waals surface area contributed by atoms with Crippen LogP contribution in [-0.2, 0) is 14.8 Å². The molecule has 1 amide bonds. The van der Waals surface area contributed by atoms with E-state index in [9.17, 15) is 13.2 Å². The second-order valence-electron chi connectivity index (χ2n) is 6.16. The van der Waals surface area contributed by atoms with Gasteiger partial charge in [-0.25, -0.2) is 13.1 Å². The number of hydrogen-bond acceptors (Lipinski definition) is 3. The van der Waals surface area contributed by atoms with Crippen molar-refractivity contribution in [3.05, 3.63) is 34.9 Å². The van der Waals surface area contributed by atoms with Gasteiger partial charge < -0.3 is 4.90 Å². The molecule has 2 aliphatic rings. The molecule has 7 heteroatoms. The molecule has 1 saturated carbocycles. The summed E-state index contributed by atoms with van der Waals surface area (Å²) >= 11 is 5.88. The minimum absolute atomic E-state index is 0.0261. The number of sulfonamides is 1. The number of carbonyl (C=O) groups is 1. The van der Waals surface area contributed by atoms with E-state index >= 15 is 0 Å². The first-order valence-electron chi connectivity index (χ1n) is 7.35. The van der Waals surface area contributed by atoms with Crippen LogP contribution < -0.4 is 4.72 Å². The van der Waals surface area contributed by atoms with E-state index in [1.165, 1.54) is 0 Å². The predicted molar refractivity (Wildman–Crippen MR) is 85.3 cm³/mol. The minimum atomic E-state index is -3.22. The van der Waals surface area contributed by atoms with E-state index in [2.05, 4.69) is 4.72 Å². The van der Waals surface area contributed by atoms with E-state index in [0.717, 1.165) is 18.2 Å². The molecule has 0 radical (unpaired) electrons. The minimum Gasteiger partial charge on any atom is -0.341 e. The second kappa shape index (κ2) is 5.83. The average molecular weight is 343 g/mol. The molecule has 120 valence electrons. The number of nitrogens with zero attached hydrogens (tertiary/aromatic N) is 1. The monoisotopic (exact) mass is 342 g/mol. The first-order chi connectivity index (χ1) is 10.3. The van der Waals surface area contributed by atoms with Gasteiger partial charge in [-0.05, 0) is 36.5 Å². The van der Waals surface area contributed by atoms with Gasteiger partial charge in [0.25, 0.3) is 0 Å². The third kappa shape index (κ3) is 3.62. The van der Waals surface area contributed by atoms with E-state index in [0.29, 0.717) is 24.5 Å². The van der Waals surface area contributed by atoms with Gasteiger partial charge in [-0.1, -0.05) is 23.7 Å². The van der Waals surface area contributed by atoms with Gasteiger partial charge in [-0.3, -0.25) is 4.79 Å². The van der Waals surface area contributed by atoms with Crippen LogP contribution >= 0.6 is 11.6 Å². The molecular weight excluding hydrogens is 324 g/mol. The van der Waals surface area contributed by atoms with Crippen LogP contribution in [0.3, 0.4) is 0 Å². The van der Waals surface area contributed by atoms with Crippen LogP contribution in [0.5, 0.6) is 0 Å². The summed E-state index contributed by atoms with van der Waals surface area (Å²) in [7, 11) is -3.22. The van der Waals surface area contributed by atoms with E-state index in [1.54, 1.807) is 4.90 Å². The second-order valence-corrected chi connectivity index (χ2v) is 8.38. The molecule has 0 spiro atoms. The lowest BCUT2D eigenvalue weighted by Gasteiger charge is -2.17. The van der Waals surface area contributed by atoms with Gasteiger partial charge in [0.05, 0.1) is 6.26 Å².